The largest absolute Gasteiger partial charge is 0.492 e. The Balaban J connectivity index is 2.69. The number of H-pyrrole nitrogens is 1. The third-order valence-electron chi connectivity index (χ3n) is 2.49. The molecule has 0 aliphatic carbocycles. The van der Waals surface area contributed by atoms with Gasteiger partial charge in [-0.1, -0.05) is 12.1 Å². The normalized spacial score (nSPS) is 9.89. The Labute approximate surface area is 108 Å². The van der Waals surface area contributed by atoms with Crippen LogP contribution in [0.2, 0.25) is 0 Å². The molecule has 0 aliphatic heterocycles. The highest BCUT2D eigenvalue weighted by molar-refractivity contribution is 5.47. The van der Waals surface area contributed by atoms with Gasteiger partial charge >= 0.3 is 5.69 Å². The summed E-state index contributed by atoms with van der Waals surface area (Å²) >= 11 is 0. The van der Waals surface area contributed by atoms with E-state index in [1.807, 2.05) is 6.92 Å². The first-order valence-electron chi connectivity index (χ1n) is 5.65. The molecule has 1 aromatic heterocycles. The predicted octanol–water partition coefficient (Wildman–Crippen LogP) is 0.796. The molecule has 2 rings (SSSR count). The fourth-order valence-electron chi connectivity index (χ4n) is 1.66. The van der Waals surface area contributed by atoms with Crippen LogP contribution in [-0.2, 0) is 0 Å². The van der Waals surface area contributed by atoms with Gasteiger partial charge in [0.05, 0.1) is 12.3 Å². The van der Waals surface area contributed by atoms with Gasteiger partial charge in [-0.2, -0.15) is 5.26 Å². The van der Waals surface area contributed by atoms with Gasteiger partial charge in [0.25, 0.3) is 5.56 Å². The molecule has 96 valence electrons. The van der Waals surface area contributed by atoms with Gasteiger partial charge in [0.2, 0.25) is 0 Å². The third-order valence-corrected chi connectivity index (χ3v) is 2.49. The lowest BCUT2D eigenvalue weighted by molar-refractivity contribution is 0.339. The second kappa shape index (κ2) is 5.23. The molecule has 0 bridgehead atoms. The fraction of sp³-hybridized carbons (Fsp3) is 0.154. The molecule has 0 unspecified atom stereocenters. The quantitative estimate of drug-likeness (QED) is 0.880. The van der Waals surface area contributed by atoms with Crippen molar-refractivity contribution in [2.75, 3.05) is 6.61 Å². The fourth-order valence-corrected chi connectivity index (χ4v) is 1.66. The van der Waals surface area contributed by atoms with Crippen LogP contribution in [0.15, 0.2) is 40.1 Å². The Hall–Kier alpha value is -2.81. The zero-order valence-corrected chi connectivity index (χ0v) is 10.2. The number of nitriles is 1. The van der Waals surface area contributed by atoms with Crippen LogP contribution in [0.4, 0.5) is 0 Å². The average Bonchev–Trinajstić information content (AvgIpc) is 2.40. The van der Waals surface area contributed by atoms with Crippen molar-refractivity contribution in [3.63, 3.8) is 0 Å². The number of benzene rings is 1. The highest BCUT2D eigenvalue weighted by Gasteiger charge is 2.09. The van der Waals surface area contributed by atoms with Crippen LogP contribution in [0.1, 0.15) is 12.5 Å². The van der Waals surface area contributed by atoms with Gasteiger partial charge in [0.1, 0.15) is 17.4 Å². The molecule has 0 spiro atoms. The number of aromatic amines is 1. The zero-order valence-electron chi connectivity index (χ0n) is 10.2. The van der Waals surface area contributed by atoms with Crippen LogP contribution in [0.25, 0.3) is 5.69 Å². The number of hydrogen-bond donors (Lipinski definition) is 1. The number of nitrogens with one attached hydrogen (secondary N) is 1. The van der Waals surface area contributed by atoms with E-state index in [1.54, 1.807) is 30.3 Å². The molecule has 1 aromatic carbocycles. The molecule has 6 heteroatoms. The molecule has 0 aliphatic rings. The Morgan fingerprint density at radius 3 is 2.79 bits per heavy atom. The van der Waals surface area contributed by atoms with Crippen LogP contribution in [0.5, 0.6) is 5.75 Å². The van der Waals surface area contributed by atoms with Gasteiger partial charge in [-0.05, 0) is 19.1 Å². The van der Waals surface area contributed by atoms with Crippen LogP contribution >= 0.6 is 0 Å². The summed E-state index contributed by atoms with van der Waals surface area (Å²) in [4.78, 5) is 25.3. The second-order valence-electron chi connectivity index (χ2n) is 3.68. The van der Waals surface area contributed by atoms with Crippen molar-refractivity contribution in [3.8, 4) is 17.5 Å². The van der Waals surface area contributed by atoms with Gasteiger partial charge in [-0.15, -0.1) is 0 Å². The van der Waals surface area contributed by atoms with Crippen molar-refractivity contribution in [2.24, 2.45) is 0 Å². The molecule has 0 saturated carbocycles. The summed E-state index contributed by atoms with van der Waals surface area (Å²) in [6, 6.07) is 8.63. The van der Waals surface area contributed by atoms with Crippen LogP contribution in [-0.4, -0.2) is 16.2 Å². The first kappa shape index (κ1) is 12.6. The first-order chi connectivity index (χ1) is 9.17. The summed E-state index contributed by atoms with van der Waals surface area (Å²) in [6.07, 6.45) is 1.21. The molecular weight excluding hydrogens is 246 g/mol. The van der Waals surface area contributed by atoms with Crippen molar-refractivity contribution >= 4 is 0 Å². The van der Waals surface area contributed by atoms with E-state index >= 15 is 0 Å². The highest BCUT2D eigenvalue weighted by atomic mass is 16.5. The summed E-state index contributed by atoms with van der Waals surface area (Å²) in [5, 5.41) is 8.84. The van der Waals surface area contributed by atoms with E-state index in [1.165, 1.54) is 10.8 Å². The van der Waals surface area contributed by atoms with Gasteiger partial charge in [0, 0.05) is 6.20 Å². The lowest BCUT2D eigenvalue weighted by atomic mass is 10.2. The monoisotopic (exact) mass is 257 g/mol. The zero-order chi connectivity index (χ0) is 13.8. The smallest absolute Gasteiger partial charge is 0.333 e. The van der Waals surface area contributed by atoms with Gasteiger partial charge in [-0.3, -0.25) is 14.3 Å². The topological polar surface area (TPSA) is 87.9 Å². The summed E-state index contributed by atoms with van der Waals surface area (Å²) < 4.78 is 6.60. The number of rotatable bonds is 3. The van der Waals surface area contributed by atoms with Crippen LogP contribution in [0.3, 0.4) is 0 Å². The maximum Gasteiger partial charge on any atom is 0.333 e. The average molecular weight is 257 g/mol. The maximum atomic E-state index is 11.8. The van der Waals surface area contributed by atoms with Gasteiger partial charge in [-0.25, -0.2) is 4.79 Å². The van der Waals surface area contributed by atoms with E-state index in [2.05, 4.69) is 4.98 Å². The second-order valence-corrected chi connectivity index (χ2v) is 3.68. The number of nitrogens with zero attached hydrogens (tertiary/aromatic N) is 2. The van der Waals surface area contributed by atoms with Crippen LogP contribution in [0, 0.1) is 11.3 Å². The van der Waals surface area contributed by atoms with Crippen LogP contribution < -0.4 is 16.0 Å². The van der Waals surface area contributed by atoms with Gasteiger partial charge in [0.15, 0.2) is 0 Å². The first-order valence-corrected chi connectivity index (χ1v) is 5.65. The van der Waals surface area contributed by atoms with Crippen molar-refractivity contribution in [1.82, 2.24) is 9.55 Å². The molecule has 19 heavy (non-hydrogen) atoms. The number of hydrogen-bond acceptors (Lipinski definition) is 4. The Morgan fingerprint density at radius 2 is 2.11 bits per heavy atom. The molecule has 0 amide bonds. The van der Waals surface area contributed by atoms with Gasteiger partial charge < -0.3 is 4.74 Å². The van der Waals surface area contributed by atoms with E-state index in [0.29, 0.717) is 18.0 Å². The van der Waals surface area contributed by atoms with E-state index in [0.717, 1.165) is 0 Å². The maximum absolute atomic E-state index is 11.8. The summed E-state index contributed by atoms with van der Waals surface area (Å²) in [6.45, 7) is 2.27. The molecule has 0 fully saturated rings. The lowest BCUT2D eigenvalue weighted by Gasteiger charge is -2.11. The Kier molecular flexibility index (Phi) is 3.48. The molecule has 1 heterocycles. The molecule has 0 saturated heterocycles. The summed E-state index contributed by atoms with van der Waals surface area (Å²) in [5.41, 5.74) is -0.971. The number of para-hydroxylation sites is 2. The van der Waals surface area contributed by atoms with E-state index in [4.69, 9.17) is 10.00 Å². The predicted molar refractivity (Wildman–Crippen MR) is 68.5 cm³/mol. The molecular formula is C13H11N3O3. The summed E-state index contributed by atoms with van der Waals surface area (Å²) in [5.74, 6) is 0.503. The van der Waals surface area contributed by atoms with Crippen molar-refractivity contribution < 1.29 is 4.74 Å². The van der Waals surface area contributed by atoms with E-state index in [9.17, 15) is 9.59 Å². The van der Waals surface area contributed by atoms with Crippen molar-refractivity contribution in [1.29, 1.82) is 5.26 Å². The van der Waals surface area contributed by atoms with Crippen molar-refractivity contribution in [3.05, 3.63) is 56.9 Å². The number of aromatic nitrogens is 2. The number of ether oxygens (including phenoxy) is 1. The standard InChI is InChI=1S/C13H11N3O3/c1-2-19-11-6-4-3-5-10(11)16-8-9(7-14)12(17)15-13(16)18/h3-6,8H,2H2,1H3,(H,15,17,18). The van der Waals surface area contributed by atoms with E-state index < -0.39 is 11.2 Å². The minimum Gasteiger partial charge on any atom is -0.492 e. The third kappa shape index (κ3) is 2.40. The van der Waals surface area contributed by atoms with E-state index in [-0.39, 0.29) is 5.56 Å². The minimum absolute atomic E-state index is 0.133. The molecule has 0 radical (unpaired) electrons. The Morgan fingerprint density at radius 1 is 1.37 bits per heavy atom. The molecule has 0 atom stereocenters. The minimum atomic E-state index is -0.697. The highest BCUT2D eigenvalue weighted by Crippen LogP contribution is 2.20. The Bertz CT molecular complexity index is 753. The lowest BCUT2D eigenvalue weighted by Crippen LogP contribution is -2.30. The molecule has 6 nitrogen and oxygen atoms in total. The SMILES string of the molecule is CCOc1ccccc1-n1cc(C#N)c(=O)[nH]c1=O. The van der Waals surface area contributed by atoms with Crippen molar-refractivity contribution in [2.45, 2.75) is 6.92 Å². The molecule has 1 N–H and O–H groups in total. The molecule has 2 aromatic rings. The summed E-state index contributed by atoms with van der Waals surface area (Å²) in [7, 11) is 0.